The SMILES string of the molecule is Cc1cccc(NC(C)C(=O)N(C)C)c1C. The standard InChI is InChI=1S/C13H20N2O/c1-9-7-6-8-12(10(9)2)14-11(3)13(16)15(4)5/h6-8,11,14H,1-5H3. The molecule has 1 amide bonds. The number of anilines is 1. The molecule has 16 heavy (non-hydrogen) atoms. The van der Waals surface area contributed by atoms with Crippen molar-refractivity contribution in [3.05, 3.63) is 29.3 Å². The summed E-state index contributed by atoms with van der Waals surface area (Å²) in [6, 6.07) is 5.87. The topological polar surface area (TPSA) is 32.3 Å². The first-order chi connectivity index (χ1) is 7.43. The fourth-order valence-corrected chi connectivity index (χ4v) is 1.59. The fourth-order valence-electron chi connectivity index (χ4n) is 1.59. The summed E-state index contributed by atoms with van der Waals surface area (Å²) in [4.78, 5) is 13.3. The number of hydrogen-bond donors (Lipinski definition) is 1. The molecule has 1 rings (SSSR count). The van der Waals surface area contributed by atoms with Crippen molar-refractivity contribution in [1.29, 1.82) is 0 Å². The number of nitrogens with one attached hydrogen (secondary N) is 1. The Morgan fingerprint density at radius 3 is 2.50 bits per heavy atom. The van der Waals surface area contributed by atoms with Crippen LogP contribution in [0, 0.1) is 13.8 Å². The van der Waals surface area contributed by atoms with Crippen LogP contribution in [0.15, 0.2) is 18.2 Å². The number of likely N-dealkylation sites (N-methyl/N-ethyl adjacent to an activating group) is 1. The third-order valence-electron chi connectivity index (χ3n) is 2.79. The first kappa shape index (κ1) is 12.6. The van der Waals surface area contributed by atoms with Gasteiger partial charge in [-0.25, -0.2) is 0 Å². The summed E-state index contributed by atoms with van der Waals surface area (Å²) in [6.07, 6.45) is 0. The van der Waals surface area contributed by atoms with E-state index in [2.05, 4.69) is 25.2 Å². The van der Waals surface area contributed by atoms with Gasteiger partial charge in [0.25, 0.3) is 0 Å². The Kier molecular flexibility index (Phi) is 3.93. The maximum atomic E-state index is 11.7. The van der Waals surface area contributed by atoms with Crippen LogP contribution in [0.2, 0.25) is 0 Å². The van der Waals surface area contributed by atoms with Crippen LogP contribution in [0.25, 0.3) is 0 Å². The molecule has 0 heterocycles. The smallest absolute Gasteiger partial charge is 0.244 e. The Morgan fingerprint density at radius 1 is 1.31 bits per heavy atom. The van der Waals surface area contributed by atoms with Gasteiger partial charge in [0.2, 0.25) is 5.91 Å². The Labute approximate surface area is 97.5 Å². The van der Waals surface area contributed by atoms with Crippen LogP contribution in [0.1, 0.15) is 18.1 Å². The van der Waals surface area contributed by atoms with Crippen molar-refractivity contribution in [2.24, 2.45) is 0 Å². The van der Waals surface area contributed by atoms with Crippen LogP contribution in [-0.4, -0.2) is 30.9 Å². The first-order valence-corrected chi connectivity index (χ1v) is 5.47. The third kappa shape index (κ3) is 2.75. The van der Waals surface area contributed by atoms with Gasteiger partial charge >= 0.3 is 0 Å². The van der Waals surface area contributed by atoms with Crippen LogP contribution in [0.3, 0.4) is 0 Å². The van der Waals surface area contributed by atoms with Crippen LogP contribution < -0.4 is 5.32 Å². The van der Waals surface area contributed by atoms with Crippen LogP contribution in [0.5, 0.6) is 0 Å². The monoisotopic (exact) mass is 220 g/mol. The van der Waals surface area contributed by atoms with Crippen LogP contribution in [0.4, 0.5) is 5.69 Å². The van der Waals surface area contributed by atoms with E-state index in [1.54, 1.807) is 19.0 Å². The second-order valence-corrected chi connectivity index (χ2v) is 4.35. The summed E-state index contributed by atoms with van der Waals surface area (Å²) < 4.78 is 0. The second kappa shape index (κ2) is 5.01. The predicted molar refractivity (Wildman–Crippen MR) is 67.7 cm³/mol. The zero-order valence-electron chi connectivity index (χ0n) is 10.7. The van der Waals surface area contributed by atoms with Gasteiger partial charge in [-0.2, -0.15) is 0 Å². The number of hydrogen-bond acceptors (Lipinski definition) is 2. The Morgan fingerprint density at radius 2 is 1.94 bits per heavy atom. The van der Waals surface area contributed by atoms with E-state index in [1.165, 1.54) is 11.1 Å². The van der Waals surface area contributed by atoms with Gasteiger partial charge < -0.3 is 10.2 Å². The van der Waals surface area contributed by atoms with E-state index in [0.29, 0.717) is 0 Å². The summed E-state index contributed by atoms with van der Waals surface area (Å²) in [7, 11) is 3.53. The van der Waals surface area contributed by atoms with Crippen molar-refractivity contribution in [2.75, 3.05) is 19.4 Å². The van der Waals surface area contributed by atoms with Crippen LogP contribution >= 0.6 is 0 Å². The van der Waals surface area contributed by atoms with Crippen molar-refractivity contribution in [3.8, 4) is 0 Å². The highest BCUT2D eigenvalue weighted by Gasteiger charge is 2.15. The van der Waals surface area contributed by atoms with Crippen molar-refractivity contribution >= 4 is 11.6 Å². The number of amides is 1. The van der Waals surface area contributed by atoms with E-state index in [0.717, 1.165) is 5.69 Å². The van der Waals surface area contributed by atoms with Gasteiger partial charge in [0.15, 0.2) is 0 Å². The van der Waals surface area contributed by atoms with Gasteiger partial charge in [0.05, 0.1) is 0 Å². The van der Waals surface area contributed by atoms with E-state index in [-0.39, 0.29) is 11.9 Å². The van der Waals surface area contributed by atoms with Crippen molar-refractivity contribution in [2.45, 2.75) is 26.8 Å². The molecule has 1 aromatic carbocycles. The van der Waals surface area contributed by atoms with Crippen molar-refractivity contribution in [1.82, 2.24) is 4.90 Å². The number of nitrogens with zero attached hydrogens (tertiary/aromatic N) is 1. The number of benzene rings is 1. The molecular formula is C13H20N2O. The first-order valence-electron chi connectivity index (χ1n) is 5.47. The molecule has 0 aromatic heterocycles. The third-order valence-corrected chi connectivity index (χ3v) is 2.79. The van der Waals surface area contributed by atoms with Gasteiger partial charge in [0, 0.05) is 19.8 Å². The van der Waals surface area contributed by atoms with E-state index in [1.807, 2.05) is 19.1 Å². The molecule has 0 radical (unpaired) electrons. The zero-order chi connectivity index (χ0) is 12.3. The maximum Gasteiger partial charge on any atom is 0.244 e. The summed E-state index contributed by atoms with van der Waals surface area (Å²) in [5, 5.41) is 3.24. The largest absolute Gasteiger partial charge is 0.374 e. The minimum Gasteiger partial charge on any atom is -0.374 e. The number of carbonyl (C=O) groups excluding carboxylic acids is 1. The molecule has 0 aliphatic rings. The summed E-state index contributed by atoms with van der Waals surface area (Å²) in [6.45, 7) is 6.01. The van der Waals surface area contributed by atoms with E-state index in [4.69, 9.17) is 0 Å². The van der Waals surface area contributed by atoms with Crippen LogP contribution in [-0.2, 0) is 4.79 Å². The zero-order valence-corrected chi connectivity index (χ0v) is 10.7. The molecule has 0 aliphatic carbocycles. The lowest BCUT2D eigenvalue weighted by molar-refractivity contribution is -0.129. The molecule has 1 atom stereocenters. The Bertz CT molecular complexity index is 386. The molecule has 0 spiro atoms. The second-order valence-electron chi connectivity index (χ2n) is 4.35. The van der Waals surface area contributed by atoms with Gasteiger partial charge in [-0.15, -0.1) is 0 Å². The number of aryl methyl sites for hydroxylation is 1. The lowest BCUT2D eigenvalue weighted by Gasteiger charge is -2.20. The van der Waals surface area contributed by atoms with E-state index >= 15 is 0 Å². The number of carbonyl (C=O) groups is 1. The molecule has 1 N–H and O–H groups in total. The van der Waals surface area contributed by atoms with Crippen molar-refractivity contribution < 1.29 is 4.79 Å². The maximum absolute atomic E-state index is 11.7. The molecule has 3 heteroatoms. The van der Waals surface area contributed by atoms with Gasteiger partial charge in [-0.05, 0) is 38.0 Å². The molecule has 3 nitrogen and oxygen atoms in total. The highest BCUT2D eigenvalue weighted by molar-refractivity contribution is 5.84. The molecule has 1 aromatic rings. The molecule has 0 saturated heterocycles. The molecule has 0 saturated carbocycles. The number of rotatable bonds is 3. The average Bonchev–Trinajstić information content (AvgIpc) is 2.23. The minimum atomic E-state index is -0.199. The molecule has 88 valence electrons. The summed E-state index contributed by atoms with van der Waals surface area (Å²) in [5.74, 6) is 0.0842. The van der Waals surface area contributed by atoms with Crippen molar-refractivity contribution in [3.63, 3.8) is 0 Å². The molecule has 1 unspecified atom stereocenters. The quantitative estimate of drug-likeness (QED) is 0.847. The highest BCUT2D eigenvalue weighted by atomic mass is 16.2. The Hall–Kier alpha value is -1.51. The van der Waals surface area contributed by atoms with Gasteiger partial charge in [-0.3, -0.25) is 4.79 Å². The fraction of sp³-hybridized carbons (Fsp3) is 0.462. The predicted octanol–water partition coefficient (Wildman–Crippen LogP) is 2.19. The average molecular weight is 220 g/mol. The molecule has 0 aliphatic heterocycles. The van der Waals surface area contributed by atoms with E-state index in [9.17, 15) is 4.79 Å². The molecule has 0 fully saturated rings. The van der Waals surface area contributed by atoms with Gasteiger partial charge in [-0.1, -0.05) is 12.1 Å². The highest BCUT2D eigenvalue weighted by Crippen LogP contribution is 2.18. The lowest BCUT2D eigenvalue weighted by atomic mass is 10.1. The normalized spacial score (nSPS) is 12.1. The van der Waals surface area contributed by atoms with Gasteiger partial charge in [0.1, 0.15) is 6.04 Å². The molecular weight excluding hydrogens is 200 g/mol. The molecule has 0 bridgehead atoms. The minimum absolute atomic E-state index is 0.0842. The summed E-state index contributed by atoms with van der Waals surface area (Å²) >= 11 is 0. The summed E-state index contributed by atoms with van der Waals surface area (Å²) in [5.41, 5.74) is 3.46. The van der Waals surface area contributed by atoms with E-state index < -0.39 is 0 Å². The Balaban J connectivity index is 2.81. The lowest BCUT2D eigenvalue weighted by Crippen LogP contribution is -2.36.